The summed E-state index contributed by atoms with van der Waals surface area (Å²) in [7, 11) is 1.67. The van der Waals surface area contributed by atoms with Gasteiger partial charge in [-0.1, -0.05) is 25.1 Å². The molecule has 0 fully saturated rings. The molecular weight excluding hydrogens is 265 g/mol. The molecule has 1 heterocycles. The van der Waals surface area contributed by atoms with E-state index in [1.165, 1.54) is 17.2 Å². The second kappa shape index (κ2) is 5.86. The van der Waals surface area contributed by atoms with Crippen molar-refractivity contribution in [3.8, 4) is 5.75 Å². The molecule has 3 rings (SSSR count). The van der Waals surface area contributed by atoms with Crippen molar-refractivity contribution >= 4 is 0 Å². The second-order valence-electron chi connectivity index (χ2n) is 5.53. The summed E-state index contributed by atoms with van der Waals surface area (Å²) < 4.78 is 18.9. The van der Waals surface area contributed by atoms with E-state index in [1.807, 2.05) is 12.1 Å². The zero-order chi connectivity index (χ0) is 14.8. The van der Waals surface area contributed by atoms with Crippen LogP contribution in [0.3, 0.4) is 0 Å². The molecule has 2 unspecified atom stereocenters. The van der Waals surface area contributed by atoms with Gasteiger partial charge in [-0.05, 0) is 53.8 Å². The first-order valence-electron chi connectivity index (χ1n) is 7.39. The molecule has 1 aliphatic rings. The molecule has 0 amide bonds. The average Bonchev–Trinajstić information content (AvgIpc) is 2.53. The van der Waals surface area contributed by atoms with Gasteiger partial charge in [0.2, 0.25) is 0 Å². The van der Waals surface area contributed by atoms with Gasteiger partial charge in [0, 0.05) is 6.04 Å². The van der Waals surface area contributed by atoms with Gasteiger partial charge in [-0.3, -0.25) is 0 Å². The first kappa shape index (κ1) is 14.1. The molecule has 0 bridgehead atoms. The molecule has 0 saturated heterocycles. The van der Waals surface area contributed by atoms with Gasteiger partial charge >= 0.3 is 0 Å². The third kappa shape index (κ3) is 2.79. The van der Waals surface area contributed by atoms with Gasteiger partial charge in [-0.2, -0.15) is 0 Å². The fraction of sp³-hybridized carbons (Fsp3) is 0.333. The molecule has 2 aromatic rings. The summed E-state index contributed by atoms with van der Waals surface area (Å²) in [6.45, 7) is 2.18. The zero-order valence-electron chi connectivity index (χ0n) is 12.4. The van der Waals surface area contributed by atoms with Crippen LogP contribution in [0.5, 0.6) is 5.75 Å². The molecule has 0 spiro atoms. The quantitative estimate of drug-likeness (QED) is 0.925. The van der Waals surface area contributed by atoms with Crippen LogP contribution in [-0.4, -0.2) is 13.2 Å². The van der Waals surface area contributed by atoms with Crippen molar-refractivity contribution in [2.75, 3.05) is 7.11 Å². The maximum Gasteiger partial charge on any atom is 0.123 e. The molecule has 21 heavy (non-hydrogen) atoms. The molecule has 0 aromatic heterocycles. The highest BCUT2D eigenvalue weighted by molar-refractivity contribution is 5.44. The van der Waals surface area contributed by atoms with Gasteiger partial charge in [0.25, 0.3) is 0 Å². The lowest BCUT2D eigenvalue weighted by Crippen LogP contribution is -2.39. The molecular formula is C18H20FNO. The van der Waals surface area contributed by atoms with E-state index < -0.39 is 0 Å². The van der Waals surface area contributed by atoms with Gasteiger partial charge in [-0.25, -0.2) is 4.39 Å². The predicted octanol–water partition coefficient (Wildman–Crippen LogP) is 3.85. The van der Waals surface area contributed by atoms with E-state index >= 15 is 0 Å². The summed E-state index contributed by atoms with van der Waals surface area (Å²) in [5, 5.41) is 3.63. The number of benzene rings is 2. The lowest BCUT2D eigenvalue weighted by Gasteiger charge is -2.33. The van der Waals surface area contributed by atoms with Crippen molar-refractivity contribution in [2.45, 2.75) is 31.8 Å². The normalized spacial score (nSPS) is 20.9. The van der Waals surface area contributed by atoms with E-state index in [0.717, 1.165) is 24.2 Å². The van der Waals surface area contributed by atoms with Crippen LogP contribution >= 0.6 is 0 Å². The van der Waals surface area contributed by atoms with E-state index in [4.69, 9.17) is 4.74 Å². The Hall–Kier alpha value is -1.87. The Labute approximate surface area is 125 Å². The Morgan fingerprint density at radius 2 is 2.10 bits per heavy atom. The topological polar surface area (TPSA) is 21.3 Å². The average molecular weight is 285 g/mol. The molecule has 0 saturated carbocycles. The maximum atomic E-state index is 13.6. The molecule has 0 aliphatic carbocycles. The molecule has 2 aromatic carbocycles. The highest BCUT2D eigenvalue weighted by Crippen LogP contribution is 2.34. The number of ether oxygens (including phenoxy) is 1. The monoisotopic (exact) mass is 285 g/mol. The number of hydrogen-bond donors (Lipinski definition) is 1. The Morgan fingerprint density at radius 1 is 1.24 bits per heavy atom. The fourth-order valence-electron chi connectivity index (χ4n) is 3.03. The van der Waals surface area contributed by atoms with Crippen LogP contribution in [0.2, 0.25) is 0 Å². The van der Waals surface area contributed by atoms with Crippen LogP contribution in [0.15, 0.2) is 42.5 Å². The van der Waals surface area contributed by atoms with Gasteiger partial charge < -0.3 is 10.1 Å². The number of halogens is 1. The number of rotatable bonds is 3. The lowest BCUT2D eigenvalue weighted by atomic mass is 9.86. The molecule has 110 valence electrons. The fourth-order valence-corrected chi connectivity index (χ4v) is 3.03. The third-order valence-corrected chi connectivity index (χ3v) is 4.21. The Kier molecular flexibility index (Phi) is 3.93. The van der Waals surface area contributed by atoms with Crippen LogP contribution < -0.4 is 10.1 Å². The van der Waals surface area contributed by atoms with Crippen LogP contribution in [0.25, 0.3) is 0 Å². The highest BCUT2D eigenvalue weighted by Gasteiger charge is 2.27. The second-order valence-corrected chi connectivity index (χ2v) is 5.53. The maximum absolute atomic E-state index is 13.6. The minimum absolute atomic E-state index is 0.0181. The third-order valence-electron chi connectivity index (χ3n) is 4.21. The molecule has 0 radical (unpaired) electrons. The predicted molar refractivity (Wildman–Crippen MR) is 82.2 cm³/mol. The highest BCUT2D eigenvalue weighted by atomic mass is 19.1. The largest absolute Gasteiger partial charge is 0.497 e. The summed E-state index contributed by atoms with van der Waals surface area (Å²) in [5.41, 5.74) is 3.46. The van der Waals surface area contributed by atoms with Crippen LogP contribution in [0.1, 0.15) is 36.1 Å². The minimum atomic E-state index is -0.197. The molecule has 2 atom stereocenters. The van der Waals surface area contributed by atoms with E-state index in [1.54, 1.807) is 19.2 Å². The van der Waals surface area contributed by atoms with Crippen LogP contribution in [0.4, 0.5) is 4.39 Å². The summed E-state index contributed by atoms with van der Waals surface area (Å²) in [5.74, 6) is 0.643. The standard InChI is InChI=1S/C18H20FNO/c1-3-15-10-12-7-8-16(21-2)11-17(12)18(20-15)13-5-4-6-14(19)9-13/h4-9,11,15,18,20H,3,10H2,1-2H3. The van der Waals surface area contributed by atoms with Crippen LogP contribution in [0, 0.1) is 5.82 Å². The van der Waals surface area contributed by atoms with Crippen molar-refractivity contribution in [1.29, 1.82) is 0 Å². The molecule has 3 heteroatoms. The van der Waals surface area contributed by atoms with Crippen molar-refractivity contribution in [2.24, 2.45) is 0 Å². The van der Waals surface area contributed by atoms with E-state index in [9.17, 15) is 4.39 Å². The zero-order valence-corrected chi connectivity index (χ0v) is 12.4. The van der Waals surface area contributed by atoms with Crippen molar-refractivity contribution in [3.05, 3.63) is 65.0 Å². The number of fused-ring (bicyclic) bond motifs is 1. The minimum Gasteiger partial charge on any atom is -0.497 e. The number of hydrogen-bond acceptors (Lipinski definition) is 2. The Bertz CT molecular complexity index is 641. The summed E-state index contributed by atoms with van der Waals surface area (Å²) >= 11 is 0. The van der Waals surface area contributed by atoms with E-state index in [2.05, 4.69) is 24.4 Å². The summed E-state index contributed by atoms with van der Waals surface area (Å²) in [6, 6.07) is 13.5. The van der Waals surface area contributed by atoms with Gasteiger partial charge in [0.15, 0.2) is 0 Å². The molecule has 1 aliphatic heterocycles. The molecule has 2 nitrogen and oxygen atoms in total. The first-order valence-corrected chi connectivity index (χ1v) is 7.39. The summed E-state index contributed by atoms with van der Waals surface area (Å²) in [4.78, 5) is 0. The van der Waals surface area contributed by atoms with Gasteiger partial charge in [0.1, 0.15) is 11.6 Å². The van der Waals surface area contributed by atoms with Crippen molar-refractivity contribution in [3.63, 3.8) is 0 Å². The Balaban J connectivity index is 2.07. The van der Waals surface area contributed by atoms with Gasteiger partial charge in [0.05, 0.1) is 13.2 Å². The summed E-state index contributed by atoms with van der Waals surface area (Å²) in [6.07, 6.45) is 2.05. The van der Waals surface area contributed by atoms with Gasteiger partial charge in [-0.15, -0.1) is 0 Å². The Morgan fingerprint density at radius 3 is 2.81 bits per heavy atom. The van der Waals surface area contributed by atoms with Crippen molar-refractivity contribution < 1.29 is 9.13 Å². The smallest absolute Gasteiger partial charge is 0.123 e. The van der Waals surface area contributed by atoms with E-state index in [0.29, 0.717) is 6.04 Å². The number of nitrogens with one attached hydrogen (secondary N) is 1. The SMILES string of the molecule is CCC1Cc2ccc(OC)cc2C(c2cccc(F)c2)N1. The lowest BCUT2D eigenvalue weighted by molar-refractivity contribution is 0.404. The van der Waals surface area contributed by atoms with Crippen molar-refractivity contribution in [1.82, 2.24) is 5.32 Å². The van der Waals surface area contributed by atoms with Crippen LogP contribution in [-0.2, 0) is 6.42 Å². The van der Waals surface area contributed by atoms with E-state index in [-0.39, 0.29) is 11.9 Å². The number of methoxy groups -OCH3 is 1. The molecule has 1 N–H and O–H groups in total. The first-order chi connectivity index (χ1) is 10.2.